The SMILES string of the molecule is CCCC(=O)Nc1ccc(-c2nnc(NCCCN3CCOCC3)o2)c(OC)c1.O=C(O)C(F)(F)F. The van der Waals surface area contributed by atoms with Crippen LogP contribution in [0, 0.1) is 0 Å². The minimum absolute atomic E-state index is 0.0244. The van der Waals surface area contributed by atoms with Crippen molar-refractivity contribution in [2.75, 3.05) is 57.1 Å². The molecule has 0 atom stereocenters. The fourth-order valence-corrected chi connectivity index (χ4v) is 3.12. The fourth-order valence-electron chi connectivity index (χ4n) is 3.12. The van der Waals surface area contributed by atoms with Crippen molar-refractivity contribution in [3.8, 4) is 17.2 Å². The molecule has 1 amide bonds. The van der Waals surface area contributed by atoms with E-state index in [1.165, 1.54) is 0 Å². The first-order valence-corrected chi connectivity index (χ1v) is 11.3. The zero-order valence-corrected chi connectivity index (χ0v) is 20.1. The maximum atomic E-state index is 11.8. The zero-order valence-electron chi connectivity index (χ0n) is 20.1. The summed E-state index contributed by atoms with van der Waals surface area (Å²) < 4.78 is 48.3. The van der Waals surface area contributed by atoms with Crippen molar-refractivity contribution < 1.29 is 41.8 Å². The summed E-state index contributed by atoms with van der Waals surface area (Å²) >= 11 is 0. The van der Waals surface area contributed by atoms with Crippen LogP contribution in [0.3, 0.4) is 0 Å². The number of carboxylic acid groups (broad SMARTS) is 1. The normalized spacial score (nSPS) is 13.9. The second-order valence-corrected chi connectivity index (χ2v) is 7.66. The molecule has 1 fully saturated rings. The lowest BCUT2D eigenvalue weighted by Crippen LogP contribution is -2.37. The molecule has 2 heterocycles. The maximum Gasteiger partial charge on any atom is 0.490 e. The number of nitrogens with one attached hydrogen (secondary N) is 2. The van der Waals surface area contributed by atoms with Gasteiger partial charge in [-0.1, -0.05) is 12.0 Å². The molecule has 3 N–H and O–H groups in total. The molecule has 0 spiro atoms. The van der Waals surface area contributed by atoms with Crippen LogP contribution in [-0.2, 0) is 14.3 Å². The first-order chi connectivity index (χ1) is 17.1. The summed E-state index contributed by atoms with van der Waals surface area (Å²) in [7, 11) is 1.57. The molecule has 1 aliphatic rings. The van der Waals surface area contributed by atoms with Gasteiger partial charge in [-0.25, -0.2) is 4.79 Å². The van der Waals surface area contributed by atoms with Crippen molar-refractivity contribution in [1.29, 1.82) is 0 Å². The molecule has 0 bridgehead atoms. The van der Waals surface area contributed by atoms with Crippen LogP contribution >= 0.6 is 0 Å². The lowest BCUT2D eigenvalue weighted by molar-refractivity contribution is -0.192. The van der Waals surface area contributed by atoms with Crippen LogP contribution in [-0.4, -0.2) is 84.8 Å². The van der Waals surface area contributed by atoms with E-state index >= 15 is 0 Å². The number of alkyl halides is 3. The number of anilines is 2. The van der Waals surface area contributed by atoms with Gasteiger partial charge < -0.3 is 29.6 Å². The summed E-state index contributed by atoms with van der Waals surface area (Å²) in [4.78, 5) is 23.1. The number of ether oxygens (including phenoxy) is 2. The average Bonchev–Trinajstić information content (AvgIpc) is 3.31. The number of hydrogen-bond donors (Lipinski definition) is 3. The second kappa shape index (κ2) is 14.2. The highest BCUT2D eigenvalue weighted by Gasteiger charge is 2.38. The van der Waals surface area contributed by atoms with Crippen LogP contribution < -0.4 is 15.4 Å². The number of methoxy groups -OCH3 is 1. The number of aromatic nitrogens is 2. The van der Waals surface area contributed by atoms with E-state index in [-0.39, 0.29) is 5.91 Å². The smallest absolute Gasteiger partial charge is 0.490 e. The molecule has 3 rings (SSSR count). The minimum Gasteiger partial charge on any atom is -0.496 e. The van der Waals surface area contributed by atoms with E-state index in [0.29, 0.717) is 35.3 Å². The minimum atomic E-state index is -5.08. The summed E-state index contributed by atoms with van der Waals surface area (Å²) in [5, 5.41) is 21.3. The van der Waals surface area contributed by atoms with E-state index in [2.05, 4.69) is 25.7 Å². The van der Waals surface area contributed by atoms with E-state index < -0.39 is 12.1 Å². The summed E-state index contributed by atoms with van der Waals surface area (Å²) in [6, 6.07) is 5.73. The fraction of sp³-hybridized carbons (Fsp3) is 0.545. The Morgan fingerprint density at radius 2 is 1.92 bits per heavy atom. The molecule has 0 aliphatic carbocycles. The lowest BCUT2D eigenvalue weighted by Gasteiger charge is -2.26. The van der Waals surface area contributed by atoms with Crippen LogP contribution in [0.25, 0.3) is 11.5 Å². The van der Waals surface area contributed by atoms with E-state index in [9.17, 15) is 18.0 Å². The largest absolute Gasteiger partial charge is 0.496 e. The van der Waals surface area contributed by atoms with Crippen LogP contribution in [0.1, 0.15) is 26.2 Å². The molecule has 36 heavy (non-hydrogen) atoms. The molecule has 0 radical (unpaired) electrons. The van der Waals surface area contributed by atoms with Gasteiger partial charge in [0.2, 0.25) is 5.91 Å². The lowest BCUT2D eigenvalue weighted by atomic mass is 10.1. The van der Waals surface area contributed by atoms with Crippen molar-refractivity contribution >= 4 is 23.6 Å². The number of rotatable bonds is 10. The Bertz CT molecular complexity index is 979. The number of halogens is 3. The molecule has 1 saturated heterocycles. The second-order valence-electron chi connectivity index (χ2n) is 7.66. The third-order valence-corrected chi connectivity index (χ3v) is 4.89. The van der Waals surface area contributed by atoms with Crippen molar-refractivity contribution in [3.05, 3.63) is 18.2 Å². The Kier molecular flexibility index (Phi) is 11.4. The summed E-state index contributed by atoms with van der Waals surface area (Å²) in [5.74, 6) is -1.86. The predicted molar refractivity (Wildman–Crippen MR) is 124 cm³/mol. The molecule has 2 aromatic rings. The van der Waals surface area contributed by atoms with Gasteiger partial charge in [0.1, 0.15) is 5.75 Å². The molecule has 11 nitrogen and oxygen atoms in total. The first-order valence-electron chi connectivity index (χ1n) is 11.3. The number of carbonyl (C=O) groups excluding carboxylic acids is 1. The molecule has 1 aromatic heterocycles. The monoisotopic (exact) mass is 517 g/mol. The number of morpholine rings is 1. The third kappa shape index (κ3) is 9.70. The molecular weight excluding hydrogens is 487 g/mol. The van der Waals surface area contributed by atoms with Crippen molar-refractivity contribution in [1.82, 2.24) is 15.1 Å². The zero-order chi connectivity index (χ0) is 26.6. The topological polar surface area (TPSA) is 139 Å². The maximum absolute atomic E-state index is 11.8. The standard InChI is InChI=1S/C20H29N5O4.C2HF3O2/c1-3-5-18(26)22-15-6-7-16(17(14-15)27-2)19-23-24-20(29-19)21-8-4-9-25-10-12-28-13-11-25;3-2(4,5)1(6)7/h6-7,14H,3-5,8-13H2,1-2H3,(H,21,24)(H,22,26);(H,6,7). The third-order valence-electron chi connectivity index (χ3n) is 4.89. The summed E-state index contributed by atoms with van der Waals surface area (Å²) in [6.07, 6.45) is -2.83. The Morgan fingerprint density at radius 1 is 1.22 bits per heavy atom. The van der Waals surface area contributed by atoms with Gasteiger partial charge >= 0.3 is 18.2 Å². The number of carboxylic acids is 1. The molecule has 0 saturated carbocycles. The highest BCUT2D eigenvalue weighted by Crippen LogP contribution is 2.32. The number of nitrogens with zero attached hydrogens (tertiary/aromatic N) is 3. The van der Waals surface area contributed by atoms with E-state index in [4.69, 9.17) is 23.8 Å². The Balaban J connectivity index is 0.000000572. The number of aliphatic carboxylic acids is 1. The molecule has 1 aromatic carbocycles. The van der Waals surface area contributed by atoms with Gasteiger partial charge in [-0.3, -0.25) is 9.69 Å². The van der Waals surface area contributed by atoms with Crippen molar-refractivity contribution in [2.45, 2.75) is 32.4 Å². The first kappa shape index (κ1) is 28.8. The van der Waals surface area contributed by atoms with E-state index in [0.717, 1.165) is 52.2 Å². The quantitative estimate of drug-likeness (QED) is 0.403. The van der Waals surface area contributed by atoms with Crippen LogP contribution in [0.2, 0.25) is 0 Å². The summed E-state index contributed by atoms with van der Waals surface area (Å²) in [6.45, 7) is 7.31. The van der Waals surface area contributed by atoms with Crippen LogP contribution in [0.15, 0.2) is 22.6 Å². The van der Waals surface area contributed by atoms with Gasteiger partial charge in [0.25, 0.3) is 5.89 Å². The van der Waals surface area contributed by atoms with Crippen molar-refractivity contribution in [2.24, 2.45) is 0 Å². The van der Waals surface area contributed by atoms with Gasteiger partial charge in [0.15, 0.2) is 0 Å². The highest BCUT2D eigenvalue weighted by molar-refractivity contribution is 5.91. The number of benzene rings is 1. The average molecular weight is 518 g/mol. The van der Waals surface area contributed by atoms with E-state index in [1.807, 2.05) is 6.92 Å². The predicted octanol–water partition coefficient (Wildman–Crippen LogP) is 3.25. The Morgan fingerprint density at radius 3 is 2.53 bits per heavy atom. The molecular formula is C22H30F3N5O6. The summed E-state index contributed by atoms with van der Waals surface area (Å²) in [5.41, 5.74) is 1.35. The van der Waals surface area contributed by atoms with Gasteiger partial charge in [0.05, 0.1) is 25.9 Å². The van der Waals surface area contributed by atoms with Gasteiger partial charge in [-0.2, -0.15) is 13.2 Å². The van der Waals surface area contributed by atoms with Gasteiger partial charge in [0, 0.05) is 37.8 Å². The molecule has 1 aliphatic heterocycles. The molecule has 14 heteroatoms. The molecule has 200 valence electrons. The molecule has 0 unspecified atom stereocenters. The Hall–Kier alpha value is -3.39. The van der Waals surface area contributed by atoms with Crippen LogP contribution in [0.5, 0.6) is 5.75 Å². The van der Waals surface area contributed by atoms with Gasteiger partial charge in [-0.05, 0) is 31.5 Å². The van der Waals surface area contributed by atoms with Crippen molar-refractivity contribution in [3.63, 3.8) is 0 Å². The van der Waals surface area contributed by atoms with Crippen LogP contribution in [0.4, 0.5) is 24.9 Å². The number of carbonyl (C=O) groups is 2. The van der Waals surface area contributed by atoms with E-state index in [1.54, 1.807) is 25.3 Å². The van der Waals surface area contributed by atoms with Gasteiger partial charge in [-0.15, -0.1) is 5.10 Å². The highest BCUT2D eigenvalue weighted by atomic mass is 19.4. The number of hydrogen-bond acceptors (Lipinski definition) is 9. The number of amides is 1. The Labute approximate surface area is 206 Å².